The summed E-state index contributed by atoms with van der Waals surface area (Å²) in [5, 5.41) is 10.5. The molecule has 32 heavy (non-hydrogen) atoms. The van der Waals surface area contributed by atoms with E-state index in [1.807, 2.05) is 23.6 Å². The summed E-state index contributed by atoms with van der Waals surface area (Å²) < 4.78 is 5.54. The first-order chi connectivity index (χ1) is 15.5. The van der Waals surface area contributed by atoms with Gasteiger partial charge in [0, 0.05) is 6.42 Å². The minimum Gasteiger partial charge on any atom is -0.467 e. The number of amides is 4. The van der Waals surface area contributed by atoms with Crippen LogP contribution in [0.2, 0.25) is 0 Å². The summed E-state index contributed by atoms with van der Waals surface area (Å²) in [5.41, 5.74) is 0.192. The molecule has 2 atom stereocenters. The number of furan rings is 1. The quantitative estimate of drug-likeness (QED) is 0.605. The van der Waals surface area contributed by atoms with Gasteiger partial charge >= 0.3 is 6.03 Å². The lowest BCUT2D eigenvalue weighted by Gasteiger charge is -2.24. The zero-order chi connectivity index (χ0) is 22.3. The second kappa shape index (κ2) is 7.76. The van der Waals surface area contributed by atoms with Crippen molar-refractivity contribution in [3.05, 3.63) is 82.4 Å². The van der Waals surface area contributed by atoms with Crippen LogP contribution >= 0.6 is 11.3 Å². The van der Waals surface area contributed by atoms with Gasteiger partial charge in [-0.15, -0.1) is 11.3 Å². The molecule has 2 aliphatic rings. The van der Waals surface area contributed by atoms with Gasteiger partial charge in [0.05, 0.1) is 16.9 Å². The molecule has 1 aromatic carbocycles. The van der Waals surface area contributed by atoms with Gasteiger partial charge in [-0.25, -0.2) is 9.80 Å². The van der Waals surface area contributed by atoms with Gasteiger partial charge in [-0.1, -0.05) is 36.4 Å². The minimum atomic E-state index is -1.23. The van der Waals surface area contributed by atoms with Crippen molar-refractivity contribution in [1.29, 1.82) is 0 Å². The smallest absolute Gasteiger partial charge is 0.325 e. The second-order valence-corrected chi connectivity index (χ2v) is 8.76. The highest BCUT2D eigenvalue weighted by Crippen LogP contribution is 2.35. The number of hydrogen-bond acceptors (Lipinski definition) is 6. The molecule has 0 saturated carbocycles. The number of thiophene rings is 1. The molecule has 0 aliphatic carbocycles. The first-order valence-corrected chi connectivity index (χ1v) is 11.0. The molecule has 1 N–H and O–H groups in total. The molecule has 0 bridgehead atoms. The predicted molar refractivity (Wildman–Crippen MR) is 118 cm³/mol. The third-order valence-electron chi connectivity index (χ3n) is 5.76. The lowest BCUT2D eigenvalue weighted by atomic mass is 9.92. The van der Waals surface area contributed by atoms with Crippen molar-refractivity contribution in [2.24, 2.45) is 5.10 Å². The predicted octanol–water partition coefficient (Wildman–Crippen LogP) is 3.49. The topological polar surface area (TPSA) is 95.2 Å². The van der Waals surface area contributed by atoms with Gasteiger partial charge in [-0.3, -0.25) is 14.5 Å². The number of urea groups is 1. The van der Waals surface area contributed by atoms with E-state index in [1.54, 1.807) is 49.6 Å². The highest BCUT2D eigenvalue weighted by Gasteiger charge is 2.50. The van der Waals surface area contributed by atoms with Crippen LogP contribution in [0, 0.1) is 0 Å². The molecule has 9 heteroatoms. The Kier molecular flexibility index (Phi) is 4.90. The molecule has 1 fully saturated rings. The summed E-state index contributed by atoms with van der Waals surface area (Å²) in [6, 6.07) is 15.3. The molecule has 2 aliphatic heterocycles. The van der Waals surface area contributed by atoms with Gasteiger partial charge in [-0.2, -0.15) is 5.10 Å². The van der Waals surface area contributed by atoms with Crippen LogP contribution in [0.3, 0.4) is 0 Å². The van der Waals surface area contributed by atoms with Crippen LogP contribution in [0.25, 0.3) is 0 Å². The summed E-state index contributed by atoms with van der Waals surface area (Å²) in [6.45, 7) is 1.23. The summed E-state index contributed by atoms with van der Waals surface area (Å²) in [7, 11) is 0. The van der Waals surface area contributed by atoms with Crippen molar-refractivity contribution in [3.8, 4) is 0 Å². The molecule has 4 amide bonds. The number of hydrazone groups is 1. The number of nitrogens with one attached hydrogen (secondary N) is 1. The van der Waals surface area contributed by atoms with Crippen molar-refractivity contribution >= 4 is 34.9 Å². The van der Waals surface area contributed by atoms with E-state index in [2.05, 4.69) is 10.4 Å². The van der Waals surface area contributed by atoms with Gasteiger partial charge in [0.25, 0.3) is 11.8 Å². The zero-order valence-corrected chi connectivity index (χ0v) is 18.0. The van der Waals surface area contributed by atoms with E-state index in [-0.39, 0.29) is 0 Å². The summed E-state index contributed by atoms with van der Waals surface area (Å²) in [5.74, 6) is -0.336. The van der Waals surface area contributed by atoms with E-state index >= 15 is 0 Å². The van der Waals surface area contributed by atoms with Crippen molar-refractivity contribution in [2.75, 3.05) is 6.54 Å². The molecule has 3 aromatic rings. The molecular weight excluding hydrogens is 428 g/mol. The third kappa shape index (κ3) is 3.31. The Labute approximate surface area is 188 Å². The molecule has 162 valence electrons. The number of hydrogen-bond donors (Lipinski definition) is 1. The number of rotatable bonds is 5. The van der Waals surface area contributed by atoms with Crippen molar-refractivity contribution < 1.29 is 18.8 Å². The van der Waals surface area contributed by atoms with Gasteiger partial charge in [0.1, 0.15) is 23.9 Å². The van der Waals surface area contributed by atoms with Gasteiger partial charge < -0.3 is 9.73 Å². The maximum atomic E-state index is 13.3. The Morgan fingerprint density at radius 1 is 1.19 bits per heavy atom. The zero-order valence-electron chi connectivity index (χ0n) is 17.2. The highest BCUT2D eigenvalue weighted by atomic mass is 32.1. The molecular formula is C23H20N4O4S. The van der Waals surface area contributed by atoms with Gasteiger partial charge in [0.15, 0.2) is 0 Å². The maximum Gasteiger partial charge on any atom is 0.325 e. The van der Waals surface area contributed by atoms with Crippen molar-refractivity contribution in [3.63, 3.8) is 0 Å². The fraction of sp³-hybridized carbons (Fsp3) is 0.217. The molecule has 4 heterocycles. The largest absolute Gasteiger partial charge is 0.467 e. The van der Waals surface area contributed by atoms with Crippen LogP contribution in [-0.2, 0) is 15.1 Å². The third-order valence-corrected chi connectivity index (χ3v) is 6.68. The maximum absolute atomic E-state index is 13.3. The molecule has 2 unspecified atom stereocenters. The Morgan fingerprint density at radius 3 is 2.69 bits per heavy atom. The monoisotopic (exact) mass is 448 g/mol. The van der Waals surface area contributed by atoms with Crippen LogP contribution in [0.15, 0.2) is 75.8 Å². The number of imide groups is 1. The molecule has 0 spiro atoms. The fourth-order valence-electron chi connectivity index (χ4n) is 4.05. The highest BCUT2D eigenvalue weighted by molar-refractivity contribution is 7.12. The van der Waals surface area contributed by atoms with E-state index in [0.29, 0.717) is 17.7 Å². The second-order valence-electron chi connectivity index (χ2n) is 7.81. The molecule has 2 aromatic heterocycles. The van der Waals surface area contributed by atoms with E-state index < -0.39 is 36.0 Å². The number of benzene rings is 1. The standard InChI is InChI=1S/C23H20N4O4S/c1-23(15-7-3-2-4-8-15)21(29)26(22(30)24-23)14-20(28)27-17(18-9-5-11-31-18)13-16(25-27)19-10-6-12-32-19/h2-12,17H,13-14H2,1H3,(H,24,30). The molecule has 8 nitrogen and oxygen atoms in total. The lowest BCUT2D eigenvalue weighted by Crippen LogP contribution is -2.43. The Bertz CT molecular complexity index is 1190. The van der Waals surface area contributed by atoms with Crippen LogP contribution in [-0.4, -0.2) is 40.0 Å². The number of carbonyl (C=O) groups excluding carboxylic acids is 3. The van der Waals surface area contributed by atoms with E-state index in [0.717, 1.165) is 15.5 Å². The Hall–Kier alpha value is -3.72. The van der Waals surface area contributed by atoms with Crippen LogP contribution in [0.5, 0.6) is 0 Å². The van der Waals surface area contributed by atoms with Crippen LogP contribution < -0.4 is 5.32 Å². The van der Waals surface area contributed by atoms with Gasteiger partial charge in [-0.05, 0) is 36.1 Å². The SMILES string of the molecule is CC1(c2ccccc2)NC(=O)N(CC(=O)N2N=C(c3cccs3)CC2c2ccco2)C1=O. The first-order valence-electron chi connectivity index (χ1n) is 10.1. The van der Waals surface area contributed by atoms with E-state index in [1.165, 1.54) is 16.3 Å². The molecule has 5 rings (SSSR count). The fourth-order valence-corrected chi connectivity index (χ4v) is 4.77. The molecule has 1 saturated heterocycles. The van der Waals surface area contributed by atoms with E-state index in [4.69, 9.17) is 4.42 Å². The van der Waals surface area contributed by atoms with Crippen molar-refractivity contribution in [2.45, 2.75) is 24.9 Å². The number of nitrogens with zero attached hydrogens (tertiary/aromatic N) is 3. The van der Waals surface area contributed by atoms with Crippen LogP contribution in [0.1, 0.15) is 35.6 Å². The average molecular weight is 449 g/mol. The van der Waals surface area contributed by atoms with Crippen molar-refractivity contribution in [1.82, 2.24) is 15.2 Å². The summed E-state index contributed by atoms with van der Waals surface area (Å²) in [6.07, 6.45) is 2.03. The Balaban J connectivity index is 1.40. The minimum absolute atomic E-state index is 0.411. The summed E-state index contributed by atoms with van der Waals surface area (Å²) in [4.78, 5) is 41.0. The molecule has 0 radical (unpaired) electrons. The van der Waals surface area contributed by atoms with Gasteiger partial charge in [0.2, 0.25) is 0 Å². The lowest BCUT2D eigenvalue weighted by molar-refractivity contribution is -0.140. The normalized spacial score (nSPS) is 22.9. The first kappa shape index (κ1) is 20.2. The van der Waals surface area contributed by atoms with Crippen LogP contribution in [0.4, 0.5) is 4.79 Å². The average Bonchev–Trinajstić information content (AvgIpc) is 3.58. The summed E-state index contributed by atoms with van der Waals surface area (Å²) >= 11 is 1.54. The Morgan fingerprint density at radius 2 is 2.00 bits per heavy atom. The number of carbonyl (C=O) groups is 3. The van der Waals surface area contributed by atoms with E-state index in [9.17, 15) is 14.4 Å².